The fraction of sp³-hybridized carbons (Fsp3) is 0.522. The maximum absolute atomic E-state index is 13.0. The van der Waals surface area contributed by atoms with Gasteiger partial charge in [0.25, 0.3) is 5.91 Å². The molecule has 31 heavy (non-hydrogen) atoms. The van der Waals surface area contributed by atoms with Crippen LogP contribution < -0.4 is 4.90 Å². The van der Waals surface area contributed by atoms with E-state index in [9.17, 15) is 4.79 Å². The van der Waals surface area contributed by atoms with Crippen molar-refractivity contribution in [1.29, 1.82) is 0 Å². The first-order valence-corrected chi connectivity index (χ1v) is 12.3. The van der Waals surface area contributed by atoms with E-state index >= 15 is 0 Å². The molecule has 8 heteroatoms. The SMILES string of the molecule is CC1CN(C(=O)c2cccc(CSc3nc(Cl)cc(N4CCCCC4)n3)c2)CC(C)O1. The van der Waals surface area contributed by atoms with Gasteiger partial charge in [0, 0.05) is 43.6 Å². The molecule has 2 atom stereocenters. The maximum Gasteiger partial charge on any atom is 0.254 e. The summed E-state index contributed by atoms with van der Waals surface area (Å²) >= 11 is 7.82. The van der Waals surface area contributed by atoms with Crippen molar-refractivity contribution in [2.24, 2.45) is 0 Å². The van der Waals surface area contributed by atoms with E-state index in [0.29, 0.717) is 34.7 Å². The van der Waals surface area contributed by atoms with Crippen molar-refractivity contribution in [1.82, 2.24) is 14.9 Å². The Kier molecular flexibility index (Phi) is 7.35. The monoisotopic (exact) mass is 460 g/mol. The van der Waals surface area contributed by atoms with Crippen LogP contribution in [0.1, 0.15) is 49.0 Å². The molecule has 6 nitrogen and oxygen atoms in total. The number of morpholine rings is 1. The summed E-state index contributed by atoms with van der Waals surface area (Å²) in [6.07, 6.45) is 3.76. The first kappa shape index (κ1) is 22.4. The van der Waals surface area contributed by atoms with Crippen molar-refractivity contribution in [2.45, 2.75) is 56.2 Å². The first-order valence-electron chi connectivity index (χ1n) is 10.9. The van der Waals surface area contributed by atoms with Gasteiger partial charge < -0.3 is 14.5 Å². The Bertz CT molecular complexity index is 912. The average Bonchev–Trinajstić information content (AvgIpc) is 2.77. The summed E-state index contributed by atoms with van der Waals surface area (Å²) in [5.74, 6) is 1.64. The van der Waals surface area contributed by atoms with Gasteiger partial charge in [0.15, 0.2) is 5.16 Å². The lowest BCUT2D eigenvalue weighted by atomic mass is 10.1. The molecule has 0 aliphatic carbocycles. The minimum absolute atomic E-state index is 0.0558. The lowest BCUT2D eigenvalue weighted by molar-refractivity contribution is -0.0586. The predicted octanol–water partition coefficient (Wildman–Crippen LogP) is 4.66. The molecule has 1 aromatic carbocycles. The van der Waals surface area contributed by atoms with E-state index in [4.69, 9.17) is 21.3 Å². The van der Waals surface area contributed by atoms with Gasteiger partial charge in [0.2, 0.25) is 0 Å². The summed E-state index contributed by atoms with van der Waals surface area (Å²) in [5.41, 5.74) is 1.77. The van der Waals surface area contributed by atoms with Gasteiger partial charge in [-0.25, -0.2) is 9.97 Å². The minimum Gasteiger partial charge on any atom is -0.372 e. The van der Waals surface area contributed by atoms with Crippen LogP contribution in [0.2, 0.25) is 5.15 Å². The zero-order valence-electron chi connectivity index (χ0n) is 18.1. The Hall–Kier alpha value is -1.83. The molecule has 0 N–H and O–H groups in total. The third-order valence-corrected chi connectivity index (χ3v) is 6.70. The van der Waals surface area contributed by atoms with E-state index < -0.39 is 0 Å². The number of ether oxygens (including phenoxy) is 1. The normalized spacial score (nSPS) is 21.9. The third kappa shape index (κ3) is 5.90. The number of carbonyl (C=O) groups excluding carboxylic acids is 1. The average molecular weight is 461 g/mol. The van der Waals surface area contributed by atoms with Crippen molar-refractivity contribution in [3.05, 3.63) is 46.6 Å². The Morgan fingerprint density at radius 2 is 1.87 bits per heavy atom. The van der Waals surface area contributed by atoms with E-state index in [1.165, 1.54) is 19.3 Å². The number of halogens is 1. The fourth-order valence-corrected chi connectivity index (χ4v) is 5.23. The summed E-state index contributed by atoms with van der Waals surface area (Å²) in [4.78, 5) is 26.3. The summed E-state index contributed by atoms with van der Waals surface area (Å²) in [6, 6.07) is 9.67. The standard InChI is InChI=1S/C23H29ClN4O2S/c1-16-13-28(14-17(2)30-16)22(29)19-8-6-7-18(11-19)15-31-23-25-20(24)12-21(26-23)27-9-4-3-5-10-27/h6-8,11-12,16-17H,3-5,9-10,13-15H2,1-2H3. The quantitative estimate of drug-likeness (QED) is 0.367. The number of hydrogen-bond donors (Lipinski definition) is 0. The van der Waals surface area contributed by atoms with Gasteiger partial charge in [-0.3, -0.25) is 4.79 Å². The van der Waals surface area contributed by atoms with Crippen molar-refractivity contribution in [3.8, 4) is 0 Å². The van der Waals surface area contributed by atoms with Crippen LogP contribution in [-0.2, 0) is 10.5 Å². The van der Waals surface area contributed by atoms with Gasteiger partial charge in [0.05, 0.1) is 12.2 Å². The zero-order valence-corrected chi connectivity index (χ0v) is 19.7. The number of benzene rings is 1. The molecule has 2 aliphatic rings. The molecule has 0 bridgehead atoms. The highest BCUT2D eigenvalue weighted by atomic mass is 35.5. The Balaban J connectivity index is 1.42. The van der Waals surface area contributed by atoms with Gasteiger partial charge in [-0.1, -0.05) is 35.5 Å². The molecule has 4 rings (SSSR count). The lowest BCUT2D eigenvalue weighted by Crippen LogP contribution is -2.48. The number of anilines is 1. The number of amides is 1. The Morgan fingerprint density at radius 3 is 2.61 bits per heavy atom. The van der Waals surface area contributed by atoms with Crippen molar-refractivity contribution >= 4 is 35.1 Å². The minimum atomic E-state index is 0.0558. The van der Waals surface area contributed by atoms with Crippen molar-refractivity contribution < 1.29 is 9.53 Å². The predicted molar refractivity (Wildman–Crippen MR) is 125 cm³/mol. The highest BCUT2D eigenvalue weighted by Crippen LogP contribution is 2.26. The zero-order chi connectivity index (χ0) is 21.8. The van der Waals surface area contributed by atoms with Crippen LogP contribution in [0.25, 0.3) is 0 Å². The number of aromatic nitrogens is 2. The molecule has 166 valence electrons. The van der Waals surface area contributed by atoms with E-state index in [-0.39, 0.29) is 18.1 Å². The lowest BCUT2D eigenvalue weighted by Gasteiger charge is -2.35. The molecule has 0 radical (unpaired) electrons. The van der Waals surface area contributed by atoms with Gasteiger partial charge >= 0.3 is 0 Å². The number of carbonyl (C=O) groups is 1. The third-order valence-electron chi connectivity index (χ3n) is 5.59. The maximum atomic E-state index is 13.0. The molecular formula is C23H29ClN4O2S. The van der Waals surface area contributed by atoms with Gasteiger partial charge in [0.1, 0.15) is 11.0 Å². The molecule has 2 saturated heterocycles. The van der Waals surface area contributed by atoms with Crippen molar-refractivity contribution in [3.63, 3.8) is 0 Å². The smallest absolute Gasteiger partial charge is 0.254 e. The van der Waals surface area contributed by atoms with Gasteiger partial charge in [-0.2, -0.15) is 0 Å². The summed E-state index contributed by atoms with van der Waals surface area (Å²) in [6.45, 7) is 7.29. The molecular weight excluding hydrogens is 432 g/mol. The molecule has 1 amide bonds. The second-order valence-electron chi connectivity index (χ2n) is 8.34. The van der Waals surface area contributed by atoms with Crippen LogP contribution in [-0.4, -0.2) is 59.2 Å². The van der Waals surface area contributed by atoms with Crippen molar-refractivity contribution in [2.75, 3.05) is 31.1 Å². The van der Waals surface area contributed by atoms with Crippen LogP contribution in [0.5, 0.6) is 0 Å². The molecule has 3 heterocycles. The molecule has 2 aliphatic heterocycles. The summed E-state index contributed by atoms with van der Waals surface area (Å²) < 4.78 is 5.75. The fourth-order valence-electron chi connectivity index (χ4n) is 4.20. The highest BCUT2D eigenvalue weighted by Gasteiger charge is 2.26. The second-order valence-corrected chi connectivity index (χ2v) is 9.67. The van der Waals surface area contributed by atoms with E-state index in [1.807, 2.05) is 49.1 Å². The molecule has 2 aromatic rings. The van der Waals surface area contributed by atoms with Crippen LogP contribution in [0.4, 0.5) is 5.82 Å². The van der Waals surface area contributed by atoms with Crippen LogP contribution >= 0.6 is 23.4 Å². The van der Waals surface area contributed by atoms with Gasteiger partial charge in [-0.05, 0) is 50.8 Å². The number of thioether (sulfide) groups is 1. The molecule has 2 fully saturated rings. The number of rotatable bonds is 5. The van der Waals surface area contributed by atoms with E-state index in [1.54, 1.807) is 11.8 Å². The summed E-state index contributed by atoms with van der Waals surface area (Å²) in [5, 5.41) is 1.14. The van der Waals surface area contributed by atoms with Crippen LogP contribution in [0.3, 0.4) is 0 Å². The van der Waals surface area contributed by atoms with Crippen LogP contribution in [0.15, 0.2) is 35.5 Å². The number of piperidine rings is 1. The molecule has 0 spiro atoms. The topological polar surface area (TPSA) is 58.6 Å². The Labute approximate surface area is 193 Å². The first-order chi connectivity index (χ1) is 15.0. The van der Waals surface area contributed by atoms with E-state index in [2.05, 4.69) is 9.88 Å². The molecule has 0 saturated carbocycles. The van der Waals surface area contributed by atoms with Crippen LogP contribution in [0, 0.1) is 0 Å². The second kappa shape index (κ2) is 10.2. The Morgan fingerprint density at radius 1 is 1.13 bits per heavy atom. The van der Waals surface area contributed by atoms with E-state index in [0.717, 1.165) is 24.5 Å². The highest BCUT2D eigenvalue weighted by molar-refractivity contribution is 7.98. The number of hydrogen-bond acceptors (Lipinski definition) is 6. The molecule has 1 aromatic heterocycles. The number of nitrogens with zero attached hydrogens (tertiary/aromatic N) is 4. The summed E-state index contributed by atoms with van der Waals surface area (Å²) in [7, 11) is 0. The van der Waals surface area contributed by atoms with Gasteiger partial charge in [-0.15, -0.1) is 0 Å². The molecule has 2 unspecified atom stereocenters. The largest absolute Gasteiger partial charge is 0.372 e.